The number of carbonyl (C=O) groups is 2. The third kappa shape index (κ3) is 11.2. The van der Waals surface area contributed by atoms with Gasteiger partial charge >= 0.3 is 11.9 Å². The molecule has 9 heteroatoms. The normalized spacial score (nSPS) is 11.8. The van der Waals surface area contributed by atoms with E-state index in [1.165, 1.54) is 0 Å². The van der Waals surface area contributed by atoms with Gasteiger partial charge in [-0.05, 0) is 17.7 Å². The number of hydrogen-bond donors (Lipinski definition) is 2. The zero-order valence-corrected chi connectivity index (χ0v) is 15.4. The summed E-state index contributed by atoms with van der Waals surface area (Å²) < 4.78 is 26.0. The summed E-state index contributed by atoms with van der Waals surface area (Å²) in [4.78, 5) is 22.1. The Balaban J connectivity index is 2.13. The van der Waals surface area contributed by atoms with Crippen LogP contribution in [0.25, 0.3) is 0 Å². The van der Waals surface area contributed by atoms with Gasteiger partial charge in [0.2, 0.25) is 0 Å². The minimum Gasteiger partial charge on any atom is -0.491 e. The first-order valence-electron chi connectivity index (χ1n) is 8.53. The molecule has 27 heavy (non-hydrogen) atoms. The van der Waals surface area contributed by atoms with Crippen molar-refractivity contribution in [3.05, 3.63) is 29.8 Å². The molecule has 1 aromatic carbocycles. The molecular formula is C18H27NO8. The van der Waals surface area contributed by atoms with Crippen LogP contribution in [0, 0.1) is 0 Å². The number of aliphatic carboxylic acids is 1. The number of carbonyl (C=O) groups excluding carboxylic acids is 1. The molecule has 1 aromatic rings. The lowest BCUT2D eigenvalue weighted by Gasteiger charge is -2.09. The Bertz CT molecular complexity index is 549. The number of hydrogen-bond acceptors (Lipinski definition) is 8. The van der Waals surface area contributed by atoms with E-state index < -0.39 is 18.0 Å². The van der Waals surface area contributed by atoms with Gasteiger partial charge in [-0.3, -0.25) is 9.59 Å². The van der Waals surface area contributed by atoms with Gasteiger partial charge in [0.25, 0.3) is 0 Å². The maximum atomic E-state index is 11.5. The van der Waals surface area contributed by atoms with Crippen molar-refractivity contribution in [1.82, 2.24) is 0 Å². The molecule has 9 nitrogen and oxygen atoms in total. The predicted octanol–water partition coefficient (Wildman–Crippen LogP) is 0.590. The average molecular weight is 385 g/mol. The van der Waals surface area contributed by atoms with Crippen LogP contribution in [0.15, 0.2) is 24.3 Å². The van der Waals surface area contributed by atoms with Gasteiger partial charge in [-0.15, -0.1) is 0 Å². The smallest absolute Gasteiger partial charge is 0.321 e. The highest BCUT2D eigenvalue weighted by Gasteiger charge is 2.17. The summed E-state index contributed by atoms with van der Waals surface area (Å²) in [5.41, 5.74) is 6.02. The molecule has 0 spiro atoms. The summed E-state index contributed by atoms with van der Waals surface area (Å²) in [6.07, 6.45) is -0.367. The van der Waals surface area contributed by atoms with Crippen molar-refractivity contribution in [2.45, 2.75) is 19.1 Å². The zero-order valence-electron chi connectivity index (χ0n) is 15.4. The maximum Gasteiger partial charge on any atom is 0.321 e. The van der Waals surface area contributed by atoms with Crippen molar-refractivity contribution < 1.29 is 38.4 Å². The van der Waals surface area contributed by atoms with E-state index in [9.17, 15) is 9.59 Å². The molecule has 1 atom stereocenters. The number of rotatable bonds is 15. The van der Waals surface area contributed by atoms with Gasteiger partial charge in [0.15, 0.2) is 0 Å². The minimum atomic E-state index is -1.26. The number of nitrogens with two attached hydrogens (primary N) is 1. The fourth-order valence-corrected chi connectivity index (χ4v) is 1.85. The number of carboxylic acids is 1. The quantitative estimate of drug-likeness (QED) is 0.329. The van der Waals surface area contributed by atoms with Crippen LogP contribution in [0.1, 0.15) is 12.0 Å². The first-order valence-corrected chi connectivity index (χ1v) is 8.53. The van der Waals surface area contributed by atoms with Crippen LogP contribution in [0.2, 0.25) is 0 Å². The van der Waals surface area contributed by atoms with Crippen LogP contribution in [-0.2, 0) is 35.1 Å². The molecule has 0 radical (unpaired) electrons. The molecular weight excluding hydrogens is 358 g/mol. The van der Waals surface area contributed by atoms with Gasteiger partial charge in [0.05, 0.1) is 39.5 Å². The Morgan fingerprint density at radius 1 is 1.00 bits per heavy atom. The van der Waals surface area contributed by atoms with Crippen molar-refractivity contribution in [3.63, 3.8) is 0 Å². The lowest BCUT2D eigenvalue weighted by atomic mass is 10.2. The molecule has 1 rings (SSSR count). The van der Waals surface area contributed by atoms with E-state index in [0.29, 0.717) is 45.4 Å². The summed E-state index contributed by atoms with van der Waals surface area (Å²) in [6.45, 7) is 2.99. The van der Waals surface area contributed by atoms with Crippen LogP contribution in [0.5, 0.6) is 5.75 Å². The number of carboxylic acid groups (broad SMARTS) is 1. The van der Waals surface area contributed by atoms with Crippen LogP contribution >= 0.6 is 0 Å². The summed E-state index contributed by atoms with van der Waals surface area (Å²) >= 11 is 0. The van der Waals surface area contributed by atoms with Crippen LogP contribution in [0.4, 0.5) is 0 Å². The molecule has 0 unspecified atom stereocenters. The topological polar surface area (TPSA) is 127 Å². The molecule has 0 saturated heterocycles. The van der Waals surface area contributed by atoms with E-state index >= 15 is 0 Å². The van der Waals surface area contributed by atoms with Crippen molar-refractivity contribution >= 4 is 11.9 Å². The molecule has 0 bridgehead atoms. The highest BCUT2D eigenvalue weighted by atomic mass is 16.6. The molecule has 0 amide bonds. The summed E-state index contributed by atoms with van der Waals surface area (Å²) in [5.74, 6) is -1.23. The summed E-state index contributed by atoms with van der Waals surface area (Å²) in [5, 5.41) is 8.64. The number of methoxy groups -OCH3 is 1. The lowest BCUT2D eigenvalue weighted by molar-refractivity contribution is -0.149. The largest absolute Gasteiger partial charge is 0.491 e. The highest BCUT2D eigenvalue weighted by molar-refractivity contribution is 5.81. The Morgan fingerprint density at radius 3 is 2.19 bits per heavy atom. The molecule has 0 aromatic heterocycles. The Hall–Kier alpha value is -2.20. The van der Waals surface area contributed by atoms with Crippen LogP contribution < -0.4 is 10.5 Å². The highest BCUT2D eigenvalue weighted by Crippen LogP contribution is 2.13. The molecule has 0 aliphatic carbocycles. The number of ether oxygens (including phenoxy) is 5. The summed E-state index contributed by atoms with van der Waals surface area (Å²) in [6, 6.07) is 5.75. The third-order valence-corrected chi connectivity index (χ3v) is 3.33. The van der Waals surface area contributed by atoms with Crippen molar-refractivity contribution in [2.75, 3.05) is 46.8 Å². The van der Waals surface area contributed by atoms with Gasteiger partial charge in [-0.25, -0.2) is 0 Å². The van der Waals surface area contributed by atoms with Crippen molar-refractivity contribution in [2.24, 2.45) is 5.73 Å². The number of benzene rings is 1. The fourth-order valence-electron chi connectivity index (χ4n) is 1.85. The second-order valence-corrected chi connectivity index (χ2v) is 5.52. The Morgan fingerprint density at radius 2 is 1.59 bits per heavy atom. The van der Waals surface area contributed by atoms with E-state index in [1.54, 1.807) is 31.4 Å². The van der Waals surface area contributed by atoms with Gasteiger partial charge in [-0.2, -0.15) is 0 Å². The van der Waals surface area contributed by atoms with E-state index in [2.05, 4.69) is 0 Å². The van der Waals surface area contributed by atoms with E-state index in [-0.39, 0.29) is 13.0 Å². The van der Waals surface area contributed by atoms with Crippen LogP contribution in [-0.4, -0.2) is 69.8 Å². The van der Waals surface area contributed by atoms with Crippen molar-refractivity contribution in [1.29, 1.82) is 0 Å². The second kappa shape index (κ2) is 13.9. The monoisotopic (exact) mass is 385 g/mol. The molecule has 152 valence electrons. The van der Waals surface area contributed by atoms with Crippen molar-refractivity contribution in [3.8, 4) is 5.75 Å². The first kappa shape index (κ1) is 22.8. The minimum absolute atomic E-state index is 0.0393. The van der Waals surface area contributed by atoms with E-state index in [0.717, 1.165) is 5.56 Å². The second-order valence-electron chi connectivity index (χ2n) is 5.52. The Kier molecular flexibility index (Phi) is 11.8. The van der Waals surface area contributed by atoms with Gasteiger partial charge in [-0.1, -0.05) is 12.1 Å². The molecule has 0 fully saturated rings. The standard InChI is InChI=1S/C18H27NO8/c1-23-6-7-24-8-9-25-10-11-26-15-4-2-14(3-5-15)13-27-17(20)12-16(19)18(21)22/h2-5,16H,6-13,19H2,1H3,(H,21,22)/t16-/m0/s1. The molecule has 0 heterocycles. The average Bonchev–Trinajstić information content (AvgIpc) is 2.66. The maximum absolute atomic E-state index is 11.5. The first-order chi connectivity index (χ1) is 13.0. The van der Waals surface area contributed by atoms with Gasteiger partial charge in [0, 0.05) is 7.11 Å². The molecule has 0 saturated carbocycles. The summed E-state index contributed by atoms with van der Waals surface area (Å²) in [7, 11) is 1.62. The van der Waals surface area contributed by atoms with Gasteiger partial charge < -0.3 is 34.5 Å². The molecule has 0 aliphatic rings. The van der Waals surface area contributed by atoms with Gasteiger partial charge in [0.1, 0.15) is 25.0 Å². The predicted molar refractivity (Wildman–Crippen MR) is 95.5 cm³/mol. The zero-order chi connectivity index (χ0) is 19.9. The molecule has 0 aliphatic heterocycles. The van der Waals surface area contributed by atoms with E-state index in [1.807, 2.05) is 0 Å². The fraction of sp³-hybridized carbons (Fsp3) is 0.556. The molecule has 3 N–H and O–H groups in total. The SMILES string of the molecule is COCCOCCOCCOc1ccc(COC(=O)C[C@H](N)C(=O)O)cc1. The van der Waals surface area contributed by atoms with Crippen LogP contribution in [0.3, 0.4) is 0 Å². The Labute approximate surface area is 158 Å². The lowest BCUT2D eigenvalue weighted by Crippen LogP contribution is -2.33. The van der Waals surface area contributed by atoms with E-state index in [4.69, 9.17) is 34.5 Å². The number of esters is 1. The third-order valence-electron chi connectivity index (χ3n) is 3.33.